The summed E-state index contributed by atoms with van der Waals surface area (Å²) in [4.78, 5) is 24.1. The predicted octanol–water partition coefficient (Wildman–Crippen LogP) is 4.74. The molecule has 2 rings (SSSR count). The summed E-state index contributed by atoms with van der Waals surface area (Å²) in [5, 5.41) is 10.7. The third kappa shape index (κ3) is 5.14. The van der Waals surface area contributed by atoms with E-state index in [-0.39, 0.29) is 11.5 Å². The van der Waals surface area contributed by atoms with Gasteiger partial charge in [0.1, 0.15) is 0 Å². The normalized spacial score (nSPS) is 10.7. The lowest BCUT2D eigenvalue weighted by Gasteiger charge is -2.21. The van der Waals surface area contributed by atoms with E-state index in [9.17, 15) is 14.9 Å². The zero-order chi connectivity index (χ0) is 19.1. The van der Waals surface area contributed by atoms with E-state index in [1.165, 1.54) is 12.1 Å². The second-order valence-electron chi connectivity index (χ2n) is 6.12. The number of carbonyl (C=O) groups is 1. The van der Waals surface area contributed by atoms with Gasteiger partial charge in [0.2, 0.25) is 0 Å². The van der Waals surface area contributed by atoms with Crippen LogP contribution in [0.2, 0.25) is 0 Å². The van der Waals surface area contributed by atoms with Crippen molar-refractivity contribution >= 4 is 29.3 Å². The fourth-order valence-corrected chi connectivity index (χ4v) is 2.47. The van der Waals surface area contributed by atoms with E-state index in [4.69, 9.17) is 0 Å². The number of para-hydroxylation sites is 1. The molecule has 2 aromatic carbocycles. The number of carbonyl (C=O) groups excluding carboxylic acids is 1. The maximum absolute atomic E-state index is 11.8. The Kier molecular flexibility index (Phi) is 6.44. The molecule has 2 aromatic rings. The number of non-ortho nitro benzene ring substituents is 1. The number of nitro benzene ring substituents is 1. The second-order valence-corrected chi connectivity index (χ2v) is 6.12. The van der Waals surface area contributed by atoms with Crippen LogP contribution in [0.3, 0.4) is 0 Å². The molecule has 0 spiro atoms. The second kappa shape index (κ2) is 8.76. The number of Topliss-reactive ketones (excluding diaryl/α,β-unsaturated/α-hetero) is 1. The van der Waals surface area contributed by atoms with Gasteiger partial charge in [-0.25, -0.2) is 0 Å². The minimum absolute atomic E-state index is 0.0655. The van der Waals surface area contributed by atoms with Crippen LogP contribution < -0.4 is 4.90 Å². The zero-order valence-corrected chi connectivity index (χ0v) is 15.0. The van der Waals surface area contributed by atoms with Crippen molar-refractivity contribution < 1.29 is 9.72 Å². The summed E-state index contributed by atoms with van der Waals surface area (Å²) in [5.74, 6) is 0.0655. The fraction of sp³-hybridized carbons (Fsp3) is 0.190. The first kappa shape index (κ1) is 19.1. The monoisotopic (exact) mass is 350 g/mol. The lowest BCUT2D eigenvalue weighted by molar-refractivity contribution is -0.384. The Morgan fingerprint density at radius 2 is 1.81 bits per heavy atom. The van der Waals surface area contributed by atoms with Crippen molar-refractivity contribution in [3.63, 3.8) is 0 Å². The van der Waals surface area contributed by atoms with Gasteiger partial charge in [-0.15, -0.1) is 0 Å². The zero-order valence-electron chi connectivity index (χ0n) is 15.0. The van der Waals surface area contributed by atoms with Gasteiger partial charge >= 0.3 is 0 Å². The van der Waals surface area contributed by atoms with Gasteiger partial charge in [-0.1, -0.05) is 36.9 Å². The van der Waals surface area contributed by atoms with Gasteiger partial charge in [-0.2, -0.15) is 0 Å². The number of hydrogen-bond donors (Lipinski definition) is 0. The molecule has 0 atom stereocenters. The molecule has 0 fully saturated rings. The first-order chi connectivity index (χ1) is 12.4. The van der Waals surface area contributed by atoms with Gasteiger partial charge in [0.05, 0.1) is 4.92 Å². The van der Waals surface area contributed by atoms with Gasteiger partial charge in [0, 0.05) is 37.8 Å². The van der Waals surface area contributed by atoms with Crippen LogP contribution in [-0.4, -0.2) is 24.3 Å². The highest BCUT2D eigenvalue weighted by Crippen LogP contribution is 2.22. The minimum Gasteiger partial charge on any atom is -0.374 e. The molecule has 0 aliphatic heterocycles. The Hall–Kier alpha value is -3.21. The smallest absolute Gasteiger partial charge is 0.269 e. The molecule has 0 aliphatic rings. The number of anilines is 1. The highest BCUT2D eigenvalue weighted by molar-refractivity contribution is 5.94. The predicted molar refractivity (Wildman–Crippen MR) is 106 cm³/mol. The van der Waals surface area contributed by atoms with Crippen molar-refractivity contribution in [2.24, 2.45) is 0 Å². The van der Waals surface area contributed by atoms with Crippen molar-refractivity contribution in [2.75, 3.05) is 18.5 Å². The van der Waals surface area contributed by atoms with E-state index in [1.807, 2.05) is 48.4 Å². The van der Waals surface area contributed by atoms with E-state index in [2.05, 4.69) is 6.58 Å². The molecule has 0 bridgehead atoms. The lowest BCUT2D eigenvalue weighted by atomic mass is 10.1. The molecule has 0 saturated heterocycles. The summed E-state index contributed by atoms with van der Waals surface area (Å²) in [7, 11) is 1.95. The van der Waals surface area contributed by atoms with E-state index in [1.54, 1.807) is 19.1 Å². The number of allylic oxidation sites excluding steroid dienone is 1. The Morgan fingerprint density at radius 1 is 1.15 bits per heavy atom. The number of nitrogens with zero attached hydrogens (tertiary/aromatic N) is 2. The van der Waals surface area contributed by atoms with Gasteiger partial charge in [0.15, 0.2) is 5.78 Å². The Bertz CT molecular complexity index is 839. The van der Waals surface area contributed by atoms with Gasteiger partial charge < -0.3 is 4.90 Å². The van der Waals surface area contributed by atoms with Crippen molar-refractivity contribution in [3.8, 4) is 0 Å². The largest absolute Gasteiger partial charge is 0.374 e. The molecule has 0 amide bonds. The Balaban J connectivity index is 2.13. The quantitative estimate of drug-likeness (QED) is 0.299. The lowest BCUT2D eigenvalue weighted by Crippen LogP contribution is -2.22. The number of ketones is 1. The molecule has 134 valence electrons. The van der Waals surface area contributed by atoms with Crippen LogP contribution in [0.4, 0.5) is 11.4 Å². The van der Waals surface area contributed by atoms with Crippen molar-refractivity contribution in [3.05, 3.63) is 81.9 Å². The Labute approximate surface area is 153 Å². The summed E-state index contributed by atoms with van der Waals surface area (Å²) in [6.45, 7) is 6.01. The minimum atomic E-state index is -0.413. The standard InChI is InChI=1S/C21H22N2O3/c1-16(2)21(24)14-15-22(3)20-7-5-4-6-18(20)11-8-17-9-12-19(13-10-17)23(25)26/h4-13H,1,14-15H2,2-3H3. The highest BCUT2D eigenvalue weighted by atomic mass is 16.6. The van der Waals surface area contributed by atoms with Gasteiger partial charge in [-0.3, -0.25) is 14.9 Å². The van der Waals surface area contributed by atoms with Gasteiger partial charge in [0.25, 0.3) is 5.69 Å². The molecule has 0 aliphatic carbocycles. The number of benzene rings is 2. The summed E-state index contributed by atoms with van der Waals surface area (Å²) < 4.78 is 0. The molecule has 0 unspecified atom stereocenters. The van der Waals surface area contributed by atoms with Crippen LogP contribution in [-0.2, 0) is 4.79 Å². The van der Waals surface area contributed by atoms with E-state index >= 15 is 0 Å². The van der Waals surface area contributed by atoms with Crippen molar-refractivity contribution in [1.29, 1.82) is 0 Å². The molecule has 5 nitrogen and oxygen atoms in total. The molecular weight excluding hydrogens is 328 g/mol. The van der Waals surface area contributed by atoms with Crippen molar-refractivity contribution in [2.45, 2.75) is 13.3 Å². The summed E-state index contributed by atoms with van der Waals surface area (Å²) in [5.41, 5.74) is 3.55. The fourth-order valence-electron chi connectivity index (χ4n) is 2.47. The average Bonchev–Trinajstić information content (AvgIpc) is 2.64. The van der Waals surface area contributed by atoms with Crippen molar-refractivity contribution in [1.82, 2.24) is 0 Å². The first-order valence-corrected chi connectivity index (χ1v) is 8.30. The topological polar surface area (TPSA) is 63.5 Å². The van der Waals surface area contributed by atoms with Crippen LogP contribution in [0.5, 0.6) is 0 Å². The van der Waals surface area contributed by atoms with Gasteiger partial charge in [-0.05, 0) is 41.8 Å². The van der Waals surface area contributed by atoms with Crippen LogP contribution in [0.15, 0.2) is 60.7 Å². The molecule has 5 heteroatoms. The maximum atomic E-state index is 11.8. The molecule has 0 saturated carbocycles. The number of hydrogen-bond acceptors (Lipinski definition) is 4. The Morgan fingerprint density at radius 3 is 2.42 bits per heavy atom. The van der Waals surface area contributed by atoms with Crippen LogP contribution in [0.1, 0.15) is 24.5 Å². The SMILES string of the molecule is C=C(C)C(=O)CCN(C)c1ccccc1C=Cc1ccc([N+](=O)[O-])cc1. The summed E-state index contributed by atoms with van der Waals surface area (Å²) >= 11 is 0. The number of rotatable bonds is 8. The number of nitro groups is 1. The highest BCUT2D eigenvalue weighted by Gasteiger charge is 2.08. The van der Waals surface area contributed by atoms with Crippen LogP contribution >= 0.6 is 0 Å². The molecule has 26 heavy (non-hydrogen) atoms. The maximum Gasteiger partial charge on any atom is 0.269 e. The van der Waals surface area contributed by atoms with Crippen LogP contribution in [0, 0.1) is 10.1 Å². The third-order valence-electron chi connectivity index (χ3n) is 4.06. The molecular formula is C21H22N2O3. The first-order valence-electron chi connectivity index (χ1n) is 8.30. The van der Waals surface area contributed by atoms with E-state index < -0.39 is 4.92 Å². The molecule has 0 heterocycles. The van der Waals surface area contributed by atoms with Crippen LogP contribution in [0.25, 0.3) is 12.2 Å². The summed E-state index contributed by atoms with van der Waals surface area (Å²) in [6, 6.07) is 14.3. The molecule has 0 N–H and O–H groups in total. The van der Waals surface area contributed by atoms with E-state index in [0.29, 0.717) is 18.5 Å². The molecule has 0 aromatic heterocycles. The summed E-state index contributed by atoms with van der Waals surface area (Å²) in [6.07, 6.45) is 4.30. The molecule has 0 radical (unpaired) electrons. The average molecular weight is 350 g/mol. The third-order valence-corrected chi connectivity index (χ3v) is 4.06. The van der Waals surface area contributed by atoms with E-state index in [0.717, 1.165) is 16.8 Å².